The second kappa shape index (κ2) is 6.73. The van der Waals surface area contributed by atoms with Gasteiger partial charge in [0.15, 0.2) is 11.5 Å². The van der Waals surface area contributed by atoms with Crippen LogP contribution in [0.5, 0.6) is 17.2 Å². The zero-order valence-electron chi connectivity index (χ0n) is 13.7. The van der Waals surface area contributed by atoms with Crippen molar-refractivity contribution in [3.05, 3.63) is 45.9 Å². The van der Waals surface area contributed by atoms with Crippen molar-refractivity contribution in [1.29, 1.82) is 0 Å². The molecule has 0 unspecified atom stereocenters. The van der Waals surface area contributed by atoms with E-state index in [0.29, 0.717) is 17.9 Å². The fraction of sp³-hybridized carbons (Fsp3) is 0.278. The van der Waals surface area contributed by atoms with E-state index >= 15 is 0 Å². The Labute approximate surface area is 149 Å². The van der Waals surface area contributed by atoms with Crippen LogP contribution in [0.3, 0.4) is 0 Å². The van der Waals surface area contributed by atoms with Gasteiger partial charge < -0.3 is 19.5 Å². The molecule has 2 aromatic carbocycles. The molecule has 0 bridgehead atoms. The smallest absolute Gasteiger partial charge is 0.225 e. The van der Waals surface area contributed by atoms with Crippen LogP contribution in [0.2, 0.25) is 0 Å². The van der Waals surface area contributed by atoms with Crippen LogP contribution in [0.25, 0.3) is 0 Å². The summed E-state index contributed by atoms with van der Waals surface area (Å²) < 4.78 is 17.2. The lowest BCUT2D eigenvalue weighted by Crippen LogP contribution is -2.24. The fourth-order valence-corrected chi connectivity index (χ4v) is 3.42. The minimum Gasteiger partial charge on any atom is -0.496 e. The van der Waals surface area contributed by atoms with E-state index < -0.39 is 0 Å². The minimum atomic E-state index is -0.124. The number of amides is 1. The Balaban J connectivity index is 2.18. The average molecular weight is 392 g/mol. The van der Waals surface area contributed by atoms with Gasteiger partial charge in [0.05, 0.1) is 21.3 Å². The molecule has 1 N–H and O–H groups in total. The number of ether oxygens (including phenoxy) is 3. The molecule has 0 radical (unpaired) electrons. The third-order valence-electron chi connectivity index (χ3n) is 4.16. The molecule has 0 aliphatic carbocycles. The highest BCUT2D eigenvalue weighted by molar-refractivity contribution is 9.10. The van der Waals surface area contributed by atoms with Gasteiger partial charge in [-0.2, -0.15) is 0 Å². The molecule has 0 saturated carbocycles. The predicted octanol–water partition coefficient (Wildman–Crippen LogP) is 3.95. The van der Waals surface area contributed by atoms with E-state index in [1.807, 2.05) is 24.3 Å². The summed E-state index contributed by atoms with van der Waals surface area (Å²) in [4.78, 5) is 12.2. The first-order chi connectivity index (χ1) is 11.6. The summed E-state index contributed by atoms with van der Waals surface area (Å²) in [5.41, 5.74) is 2.66. The minimum absolute atomic E-state index is 0.0400. The van der Waals surface area contributed by atoms with Crippen LogP contribution < -0.4 is 19.5 Å². The number of anilines is 1. The second-order valence-corrected chi connectivity index (χ2v) is 6.40. The number of halogens is 1. The zero-order valence-corrected chi connectivity index (χ0v) is 15.3. The summed E-state index contributed by atoms with van der Waals surface area (Å²) >= 11 is 3.50. The lowest BCUT2D eigenvalue weighted by molar-refractivity contribution is -0.116. The number of methoxy groups -OCH3 is 3. The monoisotopic (exact) mass is 391 g/mol. The van der Waals surface area contributed by atoms with Crippen molar-refractivity contribution in [2.75, 3.05) is 26.6 Å². The SMILES string of the molecule is COc1cc2c(cc1OC)[C@@H](c1cc(Br)ccc1OC)CC(=O)N2. The molecule has 0 fully saturated rings. The van der Waals surface area contributed by atoms with E-state index in [-0.39, 0.29) is 11.8 Å². The lowest BCUT2D eigenvalue weighted by atomic mass is 9.84. The molecule has 5 nitrogen and oxygen atoms in total. The Kier molecular flexibility index (Phi) is 4.66. The first-order valence-electron chi connectivity index (χ1n) is 7.46. The number of carbonyl (C=O) groups excluding carboxylic acids is 1. The fourth-order valence-electron chi connectivity index (χ4n) is 3.04. The van der Waals surface area contributed by atoms with Crippen molar-refractivity contribution < 1.29 is 19.0 Å². The number of benzene rings is 2. The van der Waals surface area contributed by atoms with Gasteiger partial charge in [0, 0.05) is 34.1 Å². The molecule has 0 aromatic heterocycles. The largest absolute Gasteiger partial charge is 0.496 e. The molecule has 6 heteroatoms. The third kappa shape index (κ3) is 2.94. The summed E-state index contributed by atoms with van der Waals surface area (Å²) in [7, 11) is 4.80. The van der Waals surface area contributed by atoms with Gasteiger partial charge in [0.2, 0.25) is 5.91 Å². The highest BCUT2D eigenvalue weighted by Crippen LogP contribution is 2.45. The molecule has 3 rings (SSSR count). The Hall–Kier alpha value is -2.21. The van der Waals surface area contributed by atoms with Gasteiger partial charge in [-0.1, -0.05) is 15.9 Å². The van der Waals surface area contributed by atoms with Crippen molar-refractivity contribution >= 4 is 27.5 Å². The molecule has 1 heterocycles. The first-order valence-corrected chi connectivity index (χ1v) is 8.26. The number of rotatable bonds is 4. The van der Waals surface area contributed by atoms with Crippen molar-refractivity contribution in [1.82, 2.24) is 0 Å². The highest BCUT2D eigenvalue weighted by atomic mass is 79.9. The quantitative estimate of drug-likeness (QED) is 0.856. The zero-order chi connectivity index (χ0) is 17.3. The lowest BCUT2D eigenvalue weighted by Gasteiger charge is -2.28. The van der Waals surface area contributed by atoms with E-state index in [1.165, 1.54) is 0 Å². The van der Waals surface area contributed by atoms with Crippen molar-refractivity contribution in [3.63, 3.8) is 0 Å². The van der Waals surface area contributed by atoms with E-state index in [2.05, 4.69) is 21.2 Å². The molecule has 1 aliphatic heterocycles. The number of hydrogen-bond acceptors (Lipinski definition) is 4. The van der Waals surface area contributed by atoms with Gasteiger partial charge in [-0.25, -0.2) is 0 Å². The molecule has 1 amide bonds. The van der Waals surface area contributed by atoms with E-state index in [1.54, 1.807) is 27.4 Å². The number of carbonyl (C=O) groups is 1. The van der Waals surface area contributed by atoms with Gasteiger partial charge in [0.1, 0.15) is 5.75 Å². The normalized spacial score (nSPS) is 16.2. The average Bonchev–Trinajstić information content (AvgIpc) is 2.59. The molecular formula is C18H18BrNO4. The summed E-state index contributed by atoms with van der Waals surface area (Å²) in [6.07, 6.45) is 0.343. The molecular weight excluding hydrogens is 374 g/mol. The van der Waals surface area contributed by atoms with Crippen LogP contribution in [0.1, 0.15) is 23.5 Å². The topological polar surface area (TPSA) is 56.8 Å². The molecule has 126 valence electrons. The molecule has 1 atom stereocenters. The van der Waals surface area contributed by atoms with Gasteiger partial charge in [0.25, 0.3) is 0 Å². The third-order valence-corrected chi connectivity index (χ3v) is 4.66. The van der Waals surface area contributed by atoms with Crippen LogP contribution in [-0.4, -0.2) is 27.2 Å². The van der Waals surface area contributed by atoms with E-state index in [0.717, 1.165) is 27.0 Å². The van der Waals surface area contributed by atoms with Crippen LogP contribution >= 0.6 is 15.9 Å². The van der Waals surface area contributed by atoms with Crippen molar-refractivity contribution in [3.8, 4) is 17.2 Å². The van der Waals surface area contributed by atoms with Gasteiger partial charge in [-0.15, -0.1) is 0 Å². The molecule has 24 heavy (non-hydrogen) atoms. The maximum atomic E-state index is 12.2. The molecule has 0 spiro atoms. The maximum absolute atomic E-state index is 12.2. The van der Waals surface area contributed by atoms with Crippen molar-refractivity contribution in [2.45, 2.75) is 12.3 Å². The van der Waals surface area contributed by atoms with Gasteiger partial charge in [-0.3, -0.25) is 4.79 Å². The summed E-state index contributed by atoms with van der Waals surface area (Å²) in [6, 6.07) is 9.51. The van der Waals surface area contributed by atoms with Crippen LogP contribution in [0, 0.1) is 0 Å². The molecule has 1 aliphatic rings. The van der Waals surface area contributed by atoms with E-state index in [4.69, 9.17) is 14.2 Å². The Morgan fingerprint density at radius 2 is 1.62 bits per heavy atom. The van der Waals surface area contributed by atoms with Gasteiger partial charge in [-0.05, 0) is 29.8 Å². The van der Waals surface area contributed by atoms with Gasteiger partial charge >= 0.3 is 0 Å². The summed E-state index contributed by atoms with van der Waals surface area (Å²) in [5, 5.41) is 2.91. The molecule has 0 saturated heterocycles. The Bertz CT molecular complexity index is 791. The Morgan fingerprint density at radius 3 is 2.29 bits per heavy atom. The summed E-state index contributed by atoms with van der Waals surface area (Å²) in [6.45, 7) is 0. The number of fused-ring (bicyclic) bond motifs is 1. The second-order valence-electron chi connectivity index (χ2n) is 5.49. The number of nitrogens with one attached hydrogen (secondary N) is 1. The van der Waals surface area contributed by atoms with Crippen LogP contribution in [0.4, 0.5) is 5.69 Å². The van der Waals surface area contributed by atoms with Crippen LogP contribution in [0.15, 0.2) is 34.8 Å². The number of hydrogen-bond donors (Lipinski definition) is 1. The van der Waals surface area contributed by atoms with Crippen molar-refractivity contribution in [2.24, 2.45) is 0 Å². The maximum Gasteiger partial charge on any atom is 0.225 e. The standard InChI is InChI=1S/C18H18BrNO4/c1-22-15-5-4-10(19)6-13(15)11-8-18(21)20-14-9-17(24-3)16(23-2)7-12(11)14/h4-7,9,11H,8H2,1-3H3,(H,20,21)/t11-/m0/s1. The molecule has 2 aromatic rings. The first kappa shape index (κ1) is 16.6. The highest BCUT2D eigenvalue weighted by Gasteiger charge is 2.30. The van der Waals surface area contributed by atoms with Crippen LogP contribution in [-0.2, 0) is 4.79 Å². The van der Waals surface area contributed by atoms with E-state index in [9.17, 15) is 4.79 Å². The predicted molar refractivity (Wildman–Crippen MR) is 95.3 cm³/mol. The Morgan fingerprint density at radius 1 is 0.958 bits per heavy atom. The summed E-state index contributed by atoms with van der Waals surface area (Å²) in [5.74, 6) is 1.80.